The lowest BCUT2D eigenvalue weighted by atomic mass is 10.1. The predicted octanol–water partition coefficient (Wildman–Crippen LogP) is 5.02. The number of rotatable bonds is 4. The smallest absolute Gasteiger partial charge is 0.254 e. The van der Waals surface area contributed by atoms with Gasteiger partial charge in [-0.1, -0.05) is 41.9 Å². The molecule has 0 radical (unpaired) electrons. The zero-order valence-corrected chi connectivity index (χ0v) is 17.5. The van der Waals surface area contributed by atoms with Crippen LogP contribution < -0.4 is 5.32 Å². The summed E-state index contributed by atoms with van der Waals surface area (Å²) < 4.78 is 0. The molecule has 1 aliphatic rings. The Kier molecular flexibility index (Phi) is 5.65. The molecule has 1 aliphatic heterocycles. The molecule has 1 saturated heterocycles. The largest absolute Gasteiger partial charge is 0.327 e. The highest BCUT2D eigenvalue weighted by Gasteiger charge is 2.35. The van der Waals surface area contributed by atoms with Crippen molar-refractivity contribution in [2.24, 2.45) is 0 Å². The molecule has 1 aromatic heterocycles. The number of hydrogen-bond donors (Lipinski definition) is 1. The van der Waals surface area contributed by atoms with Crippen LogP contribution in [0, 0.1) is 6.92 Å². The minimum atomic E-state index is -0.481. The SMILES string of the molecule is Cc1sc(NC(=O)[C@@H]2CCCN2C(=O)c2ccccc2)nc1-c1ccc(Cl)cc1. The summed E-state index contributed by atoms with van der Waals surface area (Å²) in [4.78, 5) is 33.0. The number of benzene rings is 2. The third-order valence-corrected chi connectivity index (χ3v) is 6.12. The van der Waals surface area contributed by atoms with Crippen LogP contribution in [-0.4, -0.2) is 34.3 Å². The normalized spacial score (nSPS) is 16.1. The van der Waals surface area contributed by atoms with Gasteiger partial charge in [-0.15, -0.1) is 11.3 Å². The van der Waals surface area contributed by atoms with Crippen molar-refractivity contribution in [1.82, 2.24) is 9.88 Å². The van der Waals surface area contributed by atoms with E-state index in [2.05, 4.69) is 10.3 Å². The number of nitrogens with one attached hydrogen (secondary N) is 1. The molecule has 0 saturated carbocycles. The maximum absolute atomic E-state index is 12.9. The van der Waals surface area contributed by atoms with Crippen LogP contribution in [0.1, 0.15) is 28.1 Å². The summed E-state index contributed by atoms with van der Waals surface area (Å²) in [6, 6.07) is 16.1. The highest BCUT2D eigenvalue weighted by Crippen LogP contribution is 2.31. The molecule has 148 valence electrons. The second-order valence-corrected chi connectivity index (χ2v) is 8.58. The average Bonchev–Trinajstić information content (AvgIpc) is 3.35. The number of hydrogen-bond acceptors (Lipinski definition) is 4. The second kappa shape index (κ2) is 8.35. The number of carbonyl (C=O) groups is 2. The van der Waals surface area contributed by atoms with Crippen LogP contribution in [0.2, 0.25) is 5.02 Å². The Labute approximate surface area is 178 Å². The van der Waals surface area contributed by atoms with E-state index in [4.69, 9.17) is 11.6 Å². The van der Waals surface area contributed by atoms with Crippen molar-refractivity contribution in [3.8, 4) is 11.3 Å². The summed E-state index contributed by atoms with van der Waals surface area (Å²) in [7, 11) is 0. The van der Waals surface area contributed by atoms with E-state index in [0.717, 1.165) is 22.6 Å². The van der Waals surface area contributed by atoms with Crippen molar-refractivity contribution in [1.29, 1.82) is 0 Å². The predicted molar refractivity (Wildman–Crippen MR) is 116 cm³/mol. The quantitative estimate of drug-likeness (QED) is 0.638. The van der Waals surface area contributed by atoms with Crippen LogP contribution in [0.3, 0.4) is 0 Å². The highest BCUT2D eigenvalue weighted by molar-refractivity contribution is 7.16. The van der Waals surface area contributed by atoms with Gasteiger partial charge in [0.05, 0.1) is 5.69 Å². The summed E-state index contributed by atoms with van der Waals surface area (Å²) in [6.07, 6.45) is 1.46. The topological polar surface area (TPSA) is 62.3 Å². The fourth-order valence-electron chi connectivity index (χ4n) is 3.54. The fraction of sp³-hybridized carbons (Fsp3) is 0.227. The lowest BCUT2D eigenvalue weighted by Crippen LogP contribution is -2.43. The maximum atomic E-state index is 12.9. The lowest BCUT2D eigenvalue weighted by Gasteiger charge is -2.23. The van der Waals surface area contributed by atoms with Crippen LogP contribution in [0.5, 0.6) is 0 Å². The standard InChI is InChI=1S/C22H20ClN3O2S/c1-14-19(15-9-11-17(23)12-10-15)24-22(29-14)25-20(27)18-8-5-13-26(18)21(28)16-6-3-2-4-7-16/h2-4,6-7,9-12,18H,5,8,13H2,1H3,(H,24,25,27)/t18-/m0/s1. The van der Waals surface area contributed by atoms with Gasteiger partial charge in [-0.25, -0.2) is 4.98 Å². The number of nitrogens with zero attached hydrogens (tertiary/aromatic N) is 2. The number of amides is 2. The van der Waals surface area contributed by atoms with Crippen molar-refractivity contribution in [3.05, 3.63) is 70.1 Å². The van der Waals surface area contributed by atoms with Crippen molar-refractivity contribution in [2.75, 3.05) is 11.9 Å². The summed E-state index contributed by atoms with van der Waals surface area (Å²) in [5.41, 5.74) is 2.37. The number of aryl methyl sites for hydroxylation is 1. The Bertz CT molecular complexity index is 1030. The van der Waals surface area contributed by atoms with Gasteiger partial charge in [-0.2, -0.15) is 0 Å². The molecule has 0 bridgehead atoms. The van der Waals surface area contributed by atoms with E-state index in [1.165, 1.54) is 11.3 Å². The maximum Gasteiger partial charge on any atom is 0.254 e. The van der Waals surface area contributed by atoms with Gasteiger partial charge in [0, 0.05) is 27.6 Å². The molecule has 4 rings (SSSR count). The third kappa shape index (κ3) is 4.18. The summed E-state index contributed by atoms with van der Waals surface area (Å²) >= 11 is 7.39. The number of likely N-dealkylation sites (tertiary alicyclic amines) is 1. The van der Waals surface area contributed by atoms with Crippen molar-refractivity contribution in [3.63, 3.8) is 0 Å². The van der Waals surface area contributed by atoms with Gasteiger partial charge in [0.25, 0.3) is 5.91 Å². The van der Waals surface area contributed by atoms with Crippen molar-refractivity contribution in [2.45, 2.75) is 25.8 Å². The van der Waals surface area contributed by atoms with Gasteiger partial charge < -0.3 is 10.2 Å². The zero-order valence-electron chi connectivity index (χ0n) is 15.9. The molecule has 1 fully saturated rings. The van der Waals surface area contributed by atoms with Crippen molar-refractivity contribution >= 4 is 39.9 Å². The number of halogens is 1. The first kappa shape index (κ1) is 19.6. The monoisotopic (exact) mass is 425 g/mol. The third-order valence-electron chi connectivity index (χ3n) is 4.98. The summed E-state index contributed by atoms with van der Waals surface area (Å²) in [6.45, 7) is 2.55. The first-order valence-corrected chi connectivity index (χ1v) is 10.6. The van der Waals surface area contributed by atoms with Gasteiger partial charge in [-0.05, 0) is 44.0 Å². The number of anilines is 1. The Morgan fingerprint density at radius 2 is 1.86 bits per heavy atom. The summed E-state index contributed by atoms with van der Waals surface area (Å²) in [5.74, 6) is -0.302. The van der Waals surface area contributed by atoms with Gasteiger partial charge in [0.1, 0.15) is 6.04 Å². The molecular weight excluding hydrogens is 406 g/mol. The van der Waals surface area contributed by atoms with Crippen LogP contribution in [-0.2, 0) is 4.79 Å². The highest BCUT2D eigenvalue weighted by atomic mass is 35.5. The summed E-state index contributed by atoms with van der Waals surface area (Å²) in [5, 5.41) is 4.12. The van der Waals surface area contributed by atoms with E-state index >= 15 is 0 Å². The molecule has 1 atom stereocenters. The Morgan fingerprint density at radius 3 is 2.59 bits per heavy atom. The Hall–Kier alpha value is -2.70. The molecule has 0 unspecified atom stereocenters. The molecule has 0 spiro atoms. The molecule has 29 heavy (non-hydrogen) atoms. The minimum Gasteiger partial charge on any atom is -0.327 e. The Morgan fingerprint density at radius 1 is 1.14 bits per heavy atom. The van der Waals surface area contributed by atoms with Gasteiger partial charge in [-0.3, -0.25) is 9.59 Å². The van der Waals surface area contributed by atoms with Gasteiger partial charge >= 0.3 is 0 Å². The Balaban J connectivity index is 1.50. The molecular formula is C22H20ClN3O2S. The molecule has 7 heteroatoms. The van der Waals surface area contributed by atoms with Crippen LogP contribution in [0.25, 0.3) is 11.3 Å². The molecule has 1 N–H and O–H groups in total. The van der Waals surface area contributed by atoms with Gasteiger partial charge in [0.2, 0.25) is 5.91 Å². The van der Waals surface area contributed by atoms with Crippen LogP contribution >= 0.6 is 22.9 Å². The number of aromatic nitrogens is 1. The molecule has 0 aliphatic carbocycles. The van der Waals surface area contributed by atoms with Crippen LogP contribution in [0.4, 0.5) is 5.13 Å². The average molecular weight is 426 g/mol. The molecule has 2 heterocycles. The molecule has 5 nitrogen and oxygen atoms in total. The van der Waals surface area contributed by atoms with E-state index < -0.39 is 6.04 Å². The lowest BCUT2D eigenvalue weighted by molar-refractivity contribution is -0.119. The molecule has 3 aromatic rings. The van der Waals surface area contributed by atoms with E-state index in [-0.39, 0.29) is 11.8 Å². The van der Waals surface area contributed by atoms with Crippen molar-refractivity contribution < 1.29 is 9.59 Å². The first-order chi connectivity index (χ1) is 14.0. The zero-order chi connectivity index (χ0) is 20.4. The second-order valence-electron chi connectivity index (χ2n) is 6.94. The van der Waals surface area contributed by atoms with Crippen LogP contribution in [0.15, 0.2) is 54.6 Å². The molecule has 2 amide bonds. The number of carbonyl (C=O) groups excluding carboxylic acids is 2. The van der Waals surface area contributed by atoms with E-state index in [9.17, 15) is 9.59 Å². The fourth-order valence-corrected chi connectivity index (χ4v) is 4.51. The van der Waals surface area contributed by atoms with E-state index in [0.29, 0.717) is 28.7 Å². The molecule has 2 aromatic carbocycles. The van der Waals surface area contributed by atoms with Gasteiger partial charge in [0.15, 0.2) is 5.13 Å². The number of thiazole rings is 1. The van der Waals surface area contributed by atoms with E-state index in [1.54, 1.807) is 17.0 Å². The minimum absolute atomic E-state index is 0.111. The van der Waals surface area contributed by atoms with E-state index in [1.807, 2.05) is 49.4 Å². The first-order valence-electron chi connectivity index (χ1n) is 9.43.